The van der Waals surface area contributed by atoms with Crippen molar-refractivity contribution >= 4 is 11.9 Å². The molecule has 2 bridgehead atoms. The molecule has 6 rings (SSSR count). The highest BCUT2D eigenvalue weighted by molar-refractivity contribution is 5.94. The van der Waals surface area contributed by atoms with Gasteiger partial charge < -0.3 is 14.7 Å². The number of carbonyl (C=O) groups excluding carboxylic acids is 2. The number of aromatic nitrogens is 6. The molecular formula is C22H26N8O4. The standard InChI is InChI=1S/C22H26N8O4/c1-13-17(11-34-20(13)32)28-5-4-22(21(28)33)6-14-2-3-15(7-22)29(14)10-18(31)16-8-24-19(9-23-16)30-12-25-26-27-30/h8-9,12,14-15,18,31H,2-7,10-11H2,1H3/t14-,15-,18-/m1/s1. The molecule has 12 nitrogen and oxygen atoms in total. The van der Waals surface area contributed by atoms with Gasteiger partial charge in [-0.25, -0.2) is 9.78 Å². The number of esters is 1. The third-order valence-corrected chi connectivity index (χ3v) is 7.91. The minimum absolute atomic E-state index is 0.126. The minimum atomic E-state index is -0.780. The summed E-state index contributed by atoms with van der Waals surface area (Å²) in [7, 11) is 0. The zero-order valence-corrected chi connectivity index (χ0v) is 18.9. The monoisotopic (exact) mass is 466 g/mol. The van der Waals surface area contributed by atoms with Crippen LogP contribution in [-0.4, -0.2) is 88.7 Å². The Morgan fingerprint density at radius 3 is 2.62 bits per heavy atom. The van der Waals surface area contributed by atoms with Crippen LogP contribution in [0, 0.1) is 5.41 Å². The van der Waals surface area contributed by atoms with Crippen molar-refractivity contribution in [3.05, 3.63) is 35.7 Å². The summed E-state index contributed by atoms with van der Waals surface area (Å²) in [5, 5.41) is 21.8. The Morgan fingerprint density at radius 2 is 2.00 bits per heavy atom. The molecule has 34 heavy (non-hydrogen) atoms. The second-order valence-corrected chi connectivity index (χ2v) is 9.69. The van der Waals surface area contributed by atoms with Gasteiger partial charge in [0, 0.05) is 25.2 Å². The van der Waals surface area contributed by atoms with Crippen molar-refractivity contribution in [1.29, 1.82) is 0 Å². The number of hydrogen-bond donors (Lipinski definition) is 1. The Hall–Kier alpha value is -3.25. The number of amides is 1. The van der Waals surface area contributed by atoms with E-state index in [2.05, 4.69) is 30.4 Å². The van der Waals surface area contributed by atoms with Crippen LogP contribution >= 0.6 is 0 Å². The molecule has 0 aliphatic carbocycles. The summed E-state index contributed by atoms with van der Waals surface area (Å²) < 4.78 is 6.54. The zero-order valence-electron chi connectivity index (χ0n) is 18.9. The van der Waals surface area contributed by atoms with Gasteiger partial charge in [-0.15, -0.1) is 5.10 Å². The molecule has 12 heteroatoms. The Labute approximate surface area is 195 Å². The Bertz CT molecular complexity index is 1130. The molecule has 178 valence electrons. The van der Waals surface area contributed by atoms with Crippen molar-refractivity contribution in [3.63, 3.8) is 0 Å². The van der Waals surface area contributed by atoms with E-state index in [1.165, 1.54) is 17.2 Å². The molecule has 1 N–H and O–H groups in total. The lowest BCUT2D eigenvalue weighted by molar-refractivity contribution is -0.140. The van der Waals surface area contributed by atoms with Gasteiger partial charge in [0.25, 0.3) is 0 Å². The summed E-state index contributed by atoms with van der Waals surface area (Å²) in [6.07, 6.45) is 8.11. The number of fused-ring (bicyclic) bond motifs is 2. The van der Waals surface area contributed by atoms with E-state index in [9.17, 15) is 14.7 Å². The van der Waals surface area contributed by atoms with Crippen LogP contribution in [-0.2, 0) is 14.3 Å². The molecule has 4 aliphatic heterocycles. The van der Waals surface area contributed by atoms with E-state index < -0.39 is 6.10 Å². The molecule has 2 aromatic rings. The summed E-state index contributed by atoms with van der Waals surface area (Å²) >= 11 is 0. The molecule has 0 aromatic carbocycles. The predicted octanol–water partition coefficient (Wildman–Crippen LogP) is 0.162. The fourth-order valence-electron chi connectivity index (χ4n) is 6.12. The number of hydrogen-bond acceptors (Lipinski definition) is 10. The van der Waals surface area contributed by atoms with E-state index in [4.69, 9.17) is 4.74 Å². The Morgan fingerprint density at radius 1 is 1.21 bits per heavy atom. The smallest absolute Gasteiger partial charge is 0.336 e. The molecule has 3 fully saturated rings. The van der Waals surface area contributed by atoms with Gasteiger partial charge in [0.1, 0.15) is 19.0 Å². The molecule has 2 aromatic heterocycles. The predicted molar refractivity (Wildman–Crippen MR) is 115 cm³/mol. The van der Waals surface area contributed by atoms with E-state index in [1.54, 1.807) is 18.0 Å². The first kappa shape index (κ1) is 21.3. The molecule has 4 aliphatic rings. The number of tetrazole rings is 1. The van der Waals surface area contributed by atoms with Gasteiger partial charge in [-0.1, -0.05) is 0 Å². The second-order valence-electron chi connectivity index (χ2n) is 9.69. The Kier molecular flexibility index (Phi) is 4.96. The minimum Gasteiger partial charge on any atom is -0.456 e. The first-order chi connectivity index (χ1) is 16.4. The number of carbonyl (C=O) groups is 2. The fourth-order valence-corrected chi connectivity index (χ4v) is 6.12. The average Bonchev–Trinajstić information content (AvgIpc) is 3.60. The van der Waals surface area contributed by atoms with Crippen molar-refractivity contribution in [3.8, 4) is 5.82 Å². The van der Waals surface area contributed by atoms with Gasteiger partial charge in [-0.3, -0.25) is 14.7 Å². The van der Waals surface area contributed by atoms with Crippen molar-refractivity contribution < 1.29 is 19.4 Å². The quantitative estimate of drug-likeness (QED) is 0.606. The van der Waals surface area contributed by atoms with Gasteiger partial charge in [0.2, 0.25) is 5.91 Å². The normalized spacial score (nSPS) is 30.0. The summed E-state index contributed by atoms with van der Waals surface area (Å²) in [5.74, 6) is 0.271. The number of ether oxygens (including phenoxy) is 1. The third kappa shape index (κ3) is 3.31. The van der Waals surface area contributed by atoms with Crippen LogP contribution in [0.3, 0.4) is 0 Å². The number of piperidine rings is 1. The van der Waals surface area contributed by atoms with Crippen LogP contribution in [0.15, 0.2) is 30.0 Å². The summed E-state index contributed by atoms with van der Waals surface area (Å²) in [4.78, 5) is 38.1. The van der Waals surface area contributed by atoms with Crippen molar-refractivity contribution in [2.45, 2.75) is 57.2 Å². The third-order valence-electron chi connectivity index (χ3n) is 7.91. The topological polar surface area (TPSA) is 139 Å². The number of rotatable bonds is 5. The fraction of sp³-hybridized carbons (Fsp3) is 0.591. The molecule has 0 saturated carbocycles. The lowest BCUT2D eigenvalue weighted by Gasteiger charge is -2.44. The van der Waals surface area contributed by atoms with Crippen LogP contribution in [0.2, 0.25) is 0 Å². The molecule has 1 amide bonds. The maximum atomic E-state index is 13.5. The van der Waals surface area contributed by atoms with Gasteiger partial charge in [0.15, 0.2) is 5.82 Å². The van der Waals surface area contributed by atoms with E-state index in [1.807, 2.05) is 0 Å². The molecule has 0 radical (unpaired) electrons. The lowest BCUT2D eigenvalue weighted by Crippen LogP contribution is -2.51. The highest BCUT2D eigenvalue weighted by atomic mass is 16.5. The summed E-state index contributed by atoms with van der Waals surface area (Å²) in [5.41, 5.74) is 1.37. The lowest BCUT2D eigenvalue weighted by atomic mass is 9.73. The van der Waals surface area contributed by atoms with Gasteiger partial charge in [0.05, 0.1) is 34.8 Å². The molecule has 0 unspecified atom stereocenters. The summed E-state index contributed by atoms with van der Waals surface area (Å²) in [6.45, 7) is 3.00. The molecule has 1 spiro atoms. The highest BCUT2D eigenvalue weighted by Gasteiger charge is 2.56. The van der Waals surface area contributed by atoms with Crippen LogP contribution in [0.4, 0.5) is 0 Å². The maximum Gasteiger partial charge on any atom is 0.336 e. The van der Waals surface area contributed by atoms with Crippen molar-refractivity contribution in [2.75, 3.05) is 19.7 Å². The number of aliphatic hydroxyl groups is 1. The number of nitrogens with zero attached hydrogens (tertiary/aromatic N) is 8. The van der Waals surface area contributed by atoms with Crippen LogP contribution in [0.25, 0.3) is 5.82 Å². The van der Waals surface area contributed by atoms with E-state index in [0.29, 0.717) is 30.2 Å². The second kappa shape index (κ2) is 7.91. The van der Waals surface area contributed by atoms with Crippen LogP contribution in [0.1, 0.15) is 50.8 Å². The molecule has 6 heterocycles. The Balaban J connectivity index is 1.14. The van der Waals surface area contributed by atoms with Crippen LogP contribution in [0.5, 0.6) is 0 Å². The van der Waals surface area contributed by atoms with E-state index in [-0.39, 0.29) is 36.0 Å². The van der Waals surface area contributed by atoms with Crippen LogP contribution < -0.4 is 0 Å². The summed E-state index contributed by atoms with van der Waals surface area (Å²) in [6, 6.07) is 0.476. The van der Waals surface area contributed by atoms with Gasteiger partial charge >= 0.3 is 5.97 Å². The zero-order chi connectivity index (χ0) is 23.4. The SMILES string of the molecule is CC1=C(N2CCC3(C[C@H]4CC[C@H](C3)N4C[C@@H](O)c3cnc(-n4cnnn4)cn3)C2=O)COC1=O. The first-order valence-electron chi connectivity index (χ1n) is 11.6. The molecule has 3 saturated heterocycles. The number of likely N-dealkylation sites (tertiary alicyclic amines) is 1. The first-order valence-corrected chi connectivity index (χ1v) is 11.6. The van der Waals surface area contributed by atoms with E-state index >= 15 is 0 Å². The molecular weight excluding hydrogens is 440 g/mol. The molecule has 3 atom stereocenters. The number of aliphatic hydroxyl groups excluding tert-OH is 1. The largest absolute Gasteiger partial charge is 0.456 e. The van der Waals surface area contributed by atoms with E-state index in [0.717, 1.165) is 37.8 Å². The van der Waals surface area contributed by atoms with Crippen molar-refractivity contribution in [2.24, 2.45) is 5.41 Å². The van der Waals surface area contributed by atoms with Gasteiger partial charge in [-0.2, -0.15) is 4.68 Å². The maximum absolute atomic E-state index is 13.5. The number of cyclic esters (lactones) is 1. The van der Waals surface area contributed by atoms with Gasteiger partial charge in [-0.05, 0) is 49.5 Å². The highest BCUT2D eigenvalue weighted by Crippen LogP contribution is 2.52. The average molecular weight is 467 g/mol. The van der Waals surface area contributed by atoms with Crippen molar-refractivity contribution in [1.82, 2.24) is 40.0 Å².